The topological polar surface area (TPSA) is 0 Å². The van der Waals surface area contributed by atoms with Crippen molar-refractivity contribution in [1.29, 1.82) is 0 Å². The van der Waals surface area contributed by atoms with E-state index in [4.69, 9.17) is 0 Å². The maximum Gasteiger partial charge on any atom is 0.0713 e. The van der Waals surface area contributed by atoms with Crippen LogP contribution in [0.25, 0.3) is 21.9 Å². The molecule has 214 valence electrons. The van der Waals surface area contributed by atoms with Gasteiger partial charge in [-0.1, -0.05) is 206 Å². The summed E-state index contributed by atoms with van der Waals surface area (Å²) in [7, 11) is 0. The number of hydrogen-bond acceptors (Lipinski definition) is 0. The van der Waals surface area contributed by atoms with Crippen molar-refractivity contribution in [2.24, 2.45) is 0 Å². The first-order valence-electron chi connectivity index (χ1n) is 15.5. The van der Waals surface area contributed by atoms with E-state index in [2.05, 4.69) is 172 Å². The van der Waals surface area contributed by atoms with Gasteiger partial charge in [0.25, 0.3) is 0 Å². The summed E-state index contributed by atoms with van der Waals surface area (Å²) < 4.78 is 0. The van der Waals surface area contributed by atoms with E-state index in [9.17, 15) is 0 Å². The SMILES string of the molecule is CC.CC.CCC.c1ccc(C2(c3ccccc3)c3ccccc3-c3ccccc32)cc1.c1ccc2ccccc2c1. The molecule has 0 amide bonds. The molecule has 0 radical (unpaired) electrons. The fourth-order valence-electron chi connectivity index (χ4n) is 5.53. The van der Waals surface area contributed by atoms with E-state index in [0.29, 0.717) is 0 Å². The molecule has 0 aliphatic heterocycles. The van der Waals surface area contributed by atoms with Crippen LogP contribution in [0.3, 0.4) is 0 Å². The minimum Gasteiger partial charge on any atom is -0.0683 e. The van der Waals surface area contributed by atoms with Gasteiger partial charge in [0.1, 0.15) is 0 Å². The molecule has 0 spiro atoms. The molecule has 0 N–H and O–H groups in total. The van der Waals surface area contributed by atoms with Crippen LogP contribution in [-0.4, -0.2) is 0 Å². The highest BCUT2D eigenvalue weighted by Crippen LogP contribution is 2.55. The molecule has 0 nitrogen and oxygen atoms in total. The molecular weight excluding hydrogens is 504 g/mol. The first-order valence-corrected chi connectivity index (χ1v) is 15.5. The average molecular weight is 551 g/mol. The zero-order valence-corrected chi connectivity index (χ0v) is 26.2. The van der Waals surface area contributed by atoms with Crippen molar-refractivity contribution in [3.05, 3.63) is 180 Å². The van der Waals surface area contributed by atoms with Crippen molar-refractivity contribution in [2.75, 3.05) is 0 Å². The second-order valence-corrected chi connectivity index (χ2v) is 9.63. The van der Waals surface area contributed by atoms with E-state index in [1.165, 1.54) is 50.6 Å². The second kappa shape index (κ2) is 16.7. The fraction of sp³-hybridized carbons (Fsp3) is 0.190. The molecule has 1 aliphatic rings. The molecule has 0 heterocycles. The van der Waals surface area contributed by atoms with E-state index in [1.807, 2.05) is 27.7 Å². The van der Waals surface area contributed by atoms with Crippen LogP contribution in [-0.2, 0) is 5.41 Å². The summed E-state index contributed by atoms with van der Waals surface area (Å²) >= 11 is 0. The van der Waals surface area contributed by atoms with Crippen LogP contribution < -0.4 is 0 Å². The molecule has 1 aliphatic carbocycles. The zero-order chi connectivity index (χ0) is 30.2. The third-order valence-corrected chi connectivity index (χ3v) is 7.02. The Bertz CT molecular complexity index is 1440. The molecule has 0 unspecified atom stereocenters. The van der Waals surface area contributed by atoms with Crippen LogP contribution >= 0.6 is 0 Å². The Balaban J connectivity index is 0.000000237. The highest BCUT2D eigenvalue weighted by molar-refractivity contribution is 5.86. The lowest BCUT2D eigenvalue weighted by Crippen LogP contribution is -2.28. The van der Waals surface area contributed by atoms with Crippen LogP contribution in [0.1, 0.15) is 70.2 Å². The van der Waals surface area contributed by atoms with Gasteiger partial charge in [-0.05, 0) is 44.2 Å². The van der Waals surface area contributed by atoms with Gasteiger partial charge < -0.3 is 0 Å². The molecule has 0 saturated carbocycles. The smallest absolute Gasteiger partial charge is 0.0683 e. The van der Waals surface area contributed by atoms with E-state index in [-0.39, 0.29) is 5.41 Å². The van der Waals surface area contributed by atoms with Gasteiger partial charge in [0.15, 0.2) is 0 Å². The minimum absolute atomic E-state index is 0.254. The van der Waals surface area contributed by atoms with Crippen LogP contribution in [0.4, 0.5) is 0 Å². The predicted molar refractivity (Wildman–Crippen MR) is 186 cm³/mol. The van der Waals surface area contributed by atoms with E-state index in [0.717, 1.165) is 0 Å². The molecule has 0 fully saturated rings. The van der Waals surface area contributed by atoms with Crippen molar-refractivity contribution in [3.63, 3.8) is 0 Å². The Hall–Kier alpha value is -4.42. The maximum absolute atomic E-state index is 2.29. The van der Waals surface area contributed by atoms with Gasteiger partial charge in [0, 0.05) is 0 Å². The third-order valence-electron chi connectivity index (χ3n) is 7.02. The second-order valence-electron chi connectivity index (χ2n) is 9.63. The Morgan fingerprint density at radius 3 is 0.952 bits per heavy atom. The summed E-state index contributed by atoms with van der Waals surface area (Å²) in [6.45, 7) is 12.2. The van der Waals surface area contributed by atoms with Gasteiger partial charge in [0.2, 0.25) is 0 Å². The number of rotatable bonds is 2. The number of benzene rings is 6. The summed E-state index contributed by atoms with van der Waals surface area (Å²) in [5.74, 6) is 0. The fourth-order valence-corrected chi connectivity index (χ4v) is 5.53. The lowest BCUT2D eigenvalue weighted by Gasteiger charge is -2.33. The van der Waals surface area contributed by atoms with Crippen molar-refractivity contribution < 1.29 is 0 Å². The zero-order valence-electron chi connectivity index (χ0n) is 26.2. The molecule has 0 aromatic heterocycles. The van der Waals surface area contributed by atoms with Crippen LogP contribution in [0.5, 0.6) is 0 Å². The molecule has 0 bridgehead atoms. The molecule has 6 aromatic rings. The van der Waals surface area contributed by atoms with E-state index in [1.54, 1.807) is 0 Å². The van der Waals surface area contributed by atoms with Crippen LogP contribution in [0.15, 0.2) is 158 Å². The summed E-state index contributed by atoms with van der Waals surface area (Å²) in [6, 6.07) is 56.2. The normalized spacial score (nSPS) is 11.4. The first-order chi connectivity index (χ1) is 20.8. The minimum atomic E-state index is -0.254. The van der Waals surface area contributed by atoms with Gasteiger partial charge in [-0.2, -0.15) is 0 Å². The third kappa shape index (κ3) is 6.72. The molecule has 42 heavy (non-hydrogen) atoms. The van der Waals surface area contributed by atoms with Gasteiger partial charge in [0.05, 0.1) is 5.41 Å². The monoisotopic (exact) mass is 550 g/mol. The molecular formula is C42H46. The lowest BCUT2D eigenvalue weighted by molar-refractivity contribution is 0.768. The standard InChI is InChI=1S/C25H18.C10H8.C3H8.2C2H6/c1-3-11-19(12-4-1)25(20-13-5-2-6-14-20)23-17-9-7-15-21(23)22-16-8-10-18-24(22)25;1-2-6-10-8-4-3-7-9(10)5-1;1-3-2;2*1-2/h1-18H;1-8H;3H2,1-2H3;2*1-2H3. The quantitative estimate of drug-likeness (QED) is 0.201. The van der Waals surface area contributed by atoms with Gasteiger partial charge in [-0.3, -0.25) is 0 Å². The Kier molecular flexibility index (Phi) is 12.8. The lowest BCUT2D eigenvalue weighted by atomic mass is 9.68. The summed E-state index contributed by atoms with van der Waals surface area (Å²) in [5.41, 5.74) is 7.80. The maximum atomic E-state index is 2.29. The van der Waals surface area contributed by atoms with Crippen molar-refractivity contribution in [3.8, 4) is 11.1 Å². The molecule has 0 saturated heterocycles. The summed E-state index contributed by atoms with van der Waals surface area (Å²) in [4.78, 5) is 0. The van der Waals surface area contributed by atoms with Crippen LogP contribution in [0, 0.1) is 0 Å². The first kappa shape index (κ1) is 32.1. The number of hydrogen-bond donors (Lipinski definition) is 0. The van der Waals surface area contributed by atoms with Crippen molar-refractivity contribution >= 4 is 10.8 Å². The predicted octanol–water partition coefficient (Wildman–Crippen LogP) is 12.4. The van der Waals surface area contributed by atoms with Crippen molar-refractivity contribution in [1.82, 2.24) is 0 Å². The molecule has 0 heteroatoms. The molecule has 7 rings (SSSR count). The largest absolute Gasteiger partial charge is 0.0713 e. The molecule has 6 aromatic carbocycles. The average Bonchev–Trinajstić information content (AvgIpc) is 3.39. The van der Waals surface area contributed by atoms with Gasteiger partial charge in [-0.25, -0.2) is 0 Å². The van der Waals surface area contributed by atoms with Gasteiger partial charge in [-0.15, -0.1) is 0 Å². The van der Waals surface area contributed by atoms with Gasteiger partial charge >= 0.3 is 0 Å². The highest BCUT2D eigenvalue weighted by Gasteiger charge is 2.45. The Morgan fingerprint density at radius 2 is 0.619 bits per heavy atom. The molecule has 0 atom stereocenters. The van der Waals surface area contributed by atoms with E-state index < -0.39 is 0 Å². The number of fused-ring (bicyclic) bond motifs is 4. The summed E-state index contributed by atoms with van der Waals surface area (Å²) in [5, 5.41) is 2.62. The van der Waals surface area contributed by atoms with Crippen molar-refractivity contribution in [2.45, 2.75) is 53.4 Å². The van der Waals surface area contributed by atoms with Crippen LogP contribution in [0.2, 0.25) is 0 Å². The Labute approximate surface area is 254 Å². The highest BCUT2D eigenvalue weighted by atomic mass is 14.5. The Morgan fingerprint density at radius 1 is 0.357 bits per heavy atom. The summed E-state index contributed by atoms with van der Waals surface area (Å²) in [6.07, 6.45) is 1.25. The van der Waals surface area contributed by atoms with E-state index >= 15 is 0 Å².